The maximum Gasteiger partial charge on any atom is 0.310 e. The summed E-state index contributed by atoms with van der Waals surface area (Å²) in [4.78, 5) is 10.7. The number of hydrogen-bond donors (Lipinski definition) is 2. The van der Waals surface area contributed by atoms with Crippen LogP contribution in [0.5, 0.6) is 0 Å². The van der Waals surface area contributed by atoms with Crippen molar-refractivity contribution in [1.82, 2.24) is 5.32 Å². The highest BCUT2D eigenvalue weighted by molar-refractivity contribution is 5.73. The van der Waals surface area contributed by atoms with Gasteiger partial charge in [-0.1, -0.05) is 20.3 Å². The Bertz CT molecular complexity index is 166. The molecule has 3 heteroatoms. The van der Waals surface area contributed by atoms with Crippen LogP contribution in [-0.4, -0.2) is 24.2 Å². The van der Waals surface area contributed by atoms with Crippen LogP contribution >= 0.6 is 0 Å². The van der Waals surface area contributed by atoms with Gasteiger partial charge in [-0.15, -0.1) is 0 Å². The van der Waals surface area contributed by atoms with Gasteiger partial charge in [-0.3, -0.25) is 4.79 Å². The van der Waals surface area contributed by atoms with Crippen LogP contribution in [-0.2, 0) is 4.79 Å². The van der Waals surface area contributed by atoms with Crippen LogP contribution in [0.15, 0.2) is 0 Å². The van der Waals surface area contributed by atoms with E-state index in [-0.39, 0.29) is 0 Å². The van der Waals surface area contributed by atoms with Crippen molar-refractivity contribution in [2.75, 3.05) is 13.1 Å². The molecule has 0 aromatic heterocycles. The van der Waals surface area contributed by atoms with Crippen LogP contribution in [0.25, 0.3) is 0 Å². The fraction of sp³-hybridized carbons (Fsp3) is 0.900. The molecule has 0 heterocycles. The van der Waals surface area contributed by atoms with Crippen molar-refractivity contribution >= 4 is 5.97 Å². The van der Waals surface area contributed by atoms with E-state index in [1.165, 1.54) is 0 Å². The van der Waals surface area contributed by atoms with Crippen LogP contribution in [0.2, 0.25) is 0 Å². The van der Waals surface area contributed by atoms with Crippen molar-refractivity contribution in [3.63, 3.8) is 0 Å². The lowest BCUT2D eigenvalue weighted by molar-refractivity contribution is -0.146. The molecule has 0 aliphatic heterocycles. The molecule has 0 saturated carbocycles. The minimum Gasteiger partial charge on any atom is -0.481 e. The smallest absolute Gasteiger partial charge is 0.310 e. The van der Waals surface area contributed by atoms with Crippen LogP contribution < -0.4 is 5.32 Å². The summed E-state index contributed by atoms with van der Waals surface area (Å²) in [6, 6.07) is 0. The van der Waals surface area contributed by atoms with Crippen LogP contribution in [0.1, 0.15) is 34.1 Å². The lowest BCUT2D eigenvalue weighted by atomic mass is 9.93. The normalized spacial score (nSPS) is 14.2. The molecule has 78 valence electrons. The van der Waals surface area contributed by atoms with E-state index in [2.05, 4.69) is 19.2 Å². The van der Waals surface area contributed by atoms with Crippen molar-refractivity contribution in [3.8, 4) is 0 Å². The summed E-state index contributed by atoms with van der Waals surface area (Å²) in [6.07, 6.45) is 1.13. The van der Waals surface area contributed by atoms with E-state index in [4.69, 9.17) is 5.11 Å². The second kappa shape index (κ2) is 5.22. The Morgan fingerprint density at radius 1 is 1.54 bits per heavy atom. The lowest BCUT2D eigenvalue weighted by Gasteiger charge is -2.20. The van der Waals surface area contributed by atoms with Gasteiger partial charge in [0.2, 0.25) is 0 Å². The molecule has 0 fully saturated rings. The molecule has 0 rings (SSSR count). The van der Waals surface area contributed by atoms with E-state index in [0.717, 1.165) is 13.0 Å². The zero-order valence-electron chi connectivity index (χ0n) is 9.05. The summed E-state index contributed by atoms with van der Waals surface area (Å²) >= 11 is 0. The van der Waals surface area contributed by atoms with Gasteiger partial charge in [0, 0.05) is 6.54 Å². The lowest BCUT2D eigenvalue weighted by Crippen LogP contribution is -2.37. The van der Waals surface area contributed by atoms with Gasteiger partial charge in [0.05, 0.1) is 5.41 Å². The quantitative estimate of drug-likeness (QED) is 0.666. The standard InChI is InChI=1S/C10H21NO2/c1-5-8(2)6-11-7-10(3,4)9(12)13/h8,11H,5-7H2,1-4H3,(H,12,13). The van der Waals surface area contributed by atoms with Gasteiger partial charge in [-0.2, -0.15) is 0 Å². The zero-order valence-corrected chi connectivity index (χ0v) is 9.05. The van der Waals surface area contributed by atoms with Gasteiger partial charge in [-0.05, 0) is 26.3 Å². The highest BCUT2D eigenvalue weighted by atomic mass is 16.4. The first kappa shape index (κ1) is 12.4. The van der Waals surface area contributed by atoms with E-state index in [9.17, 15) is 4.79 Å². The second-order valence-electron chi connectivity index (χ2n) is 4.33. The Morgan fingerprint density at radius 2 is 2.08 bits per heavy atom. The Morgan fingerprint density at radius 3 is 2.46 bits per heavy atom. The van der Waals surface area contributed by atoms with Gasteiger partial charge in [0.15, 0.2) is 0 Å². The topological polar surface area (TPSA) is 49.3 Å². The van der Waals surface area contributed by atoms with E-state index < -0.39 is 11.4 Å². The Hall–Kier alpha value is -0.570. The highest BCUT2D eigenvalue weighted by Crippen LogP contribution is 2.13. The summed E-state index contributed by atoms with van der Waals surface area (Å²) in [5.74, 6) is -0.131. The molecule has 2 N–H and O–H groups in total. The predicted molar refractivity (Wildman–Crippen MR) is 53.7 cm³/mol. The molecule has 0 aromatic carbocycles. The first-order valence-corrected chi connectivity index (χ1v) is 4.84. The van der Waals surface area contributed by atoms with Gasteiger partial charge in [0.25, 0.3) is 0 Å². The van der Waals surface area contributed by atoms with Crippen molar-refractivity contribution < 1.29 is 9.90 Å². The average molecular weight is 187 g/mol. The molecule has 0 aliphatic rings. The number of carbonyl (C=O) groups is 1. The Balaban J connectivity index is 3.70. The second-order valence-corrected chi connectivity index (χ2v) is 4.33. The summed E-state index contributed by atoms with van der Waals surface area (Å²) in [5, 5.41) is 12.0. The third-order valence-electron chi connectivity index (χ3n) is 2.34. The third-order valence-corrected chi connectivity index (χ3v) is 2.34. The molecule has 0 radical (unpaired) electrons. The Kier molecular flexibility index (Phi) is 4.99. The van der Waals surface area contributed by atoms with E-state index in [1.54, 1.807) is 13.8 Å². The van der Waals surface area contributed by atoms with Gasteiger partial charge in [0.1, 0.15) is 0 Å². The molecular formula is C10H21NO2. The minimum atomic E-state index is -0.746. The fourth-order valence-electron chi connectivity index (χ4n) is 0.851. The average Bonchev–Trinajstić information content (AvgIpc) is 2.03. The van der Waals surface area contributed by atoms with E-state index in [1.807, 2.05) is 0 Å². The predicted octanol–water partition coefficient (Wildman–Crippen LogP) is 1.73. The van der Waals surface area contributed by atoms with Crippen molar-refractivity contribution in [2.24, 2.45) is 11.3 Å². The first-order chi connectivity index (χ1) is 5.90. The first-order valence-electron chi connectivity index (χ1n) is 4.84. The SMILES string of the molecule is CCC(C)CNCC(C)(C)C(=O)O. The molecule has 3 nitrogen and oxygen atoms in total. The number of rotatable bonds is 6. The molecular weight excluding hydrogens is 166 g/mol. The van der Waals surface area contributed by atoms with Crippen molar-refractivity contribution in [2.45, 2.75) is 34.1 Å². The molecule has 1 atom stereocenters. The summed E-state index contributed by atoms with van der Waals surface area (Å²) in [5.41, 5.74) is -0.659. The number of aliphatic carboxylic acids is 1. The molecule has 0 spiro atoms. The highest BCUT2D eigenvalue weighted by Gasteiger charge is 2.26. The third kappa shape index (κ3) is 4.88. The number of carboxylic acid groups (broad SMARTS) is 1. The maximum absolute atomic E-state index is 10.7. The van der Waals surface area contributed by atoms with Gasteiger partial charge >= 0.3 is 5.97 Å². The summed E-state index contributed by atoms with van der Waals surface area (Å²) in [6.45, 7) is 9.19. The molecule has 0 aromatic rings. The maximum atomic E-state index is 10.7. The van der Waals surface area contributed by atoms with Crippen molar-refractivity contribution in [3.05, 3.63) is 0 Å². The molecule has 0 amide bonds. The molecule has 13 heavy (non-hydrogen) atoms. The van der Waals surface area contributed by atoms with E-state index in [0.29, 0.717) is 12.5 Å². The summed E-state index contributed by atoms with van der Waals surface area (Å²) in [7, 11) is 0. The monoisotopic (exact) mass is 187 g/mol. The zero-order chi connectivity index (χ0) is 10.5. The molecule has 1 unspecified atom stereocenters. The van der Waals surface area contributed by atoms with Crippen molar-refractivity contribution in [1.29, 1.82) is 0 Å². The molecule has 0 saturated heterocycles. The van der Waals surface area contributed by atoms with Crippen LogP contribution in [0, 0.1) is 11.3 Å². The number of carboxylic acids is 1. The minimum absolute atomic E-state index is 0.534. The number of nitrogens with one attached hydrogen (secondary N) is 1. The van der Waals surface area contributed by atoms with E-state index >= 15 is 0 Å². The summed E-state index contributed by atoms with van der Waals surface area (Å²) < 4.78 is 0. The molecule has 0 bridgehead atoms. The van der Waals surface area contributed by atoms with Crippen LogP contribution in [0.3, 0.4) is 0 Å². The Labute approximate surface area is 80.5 Å². The molecule has 0 aliphatic carbocycles. The van der Waals surface area contributed by atoms with Gasteiger partial charge < -0.3 is 10.4 Å². The van der Waals surface area contributed by atoms with Gasteiger partial charge in [-0.25, -0.2) is 0 Å². The number of hydrogen-bond acceptors (Lipinski definition) is 2. The largest absolute Gasteiger partial charge is 0.481 e. The fourth-order valence-corrected chi connectivity index (χ4v) is 0.851. The van der Waals surface area contributed by atoms with Crippen LogP contribution in [0.4, 0.5) is 0 Å².